The minimum absolute atomic E-state index is 0.0601. The van der Waals surface area contributed by atoms with Crippen molar-refractivity contribution in [3.05, 3.63) is 35.4 Å². The molecule has 1 fully saturated rings. The molecule has 0 spiro atoms. The predicted molar refractivity (Wildman–Crippen MR) is 67.4 cm³/mol. The number of carbonyl (C=O) groups is 2. The first-order valence-electron chi connectivity index (χ1n) is 6.19. The number of hydrogen-bond donors (Lipinski definition) is 1. The van der Waals surface area contributed by atoms with Crippen LogP contribution in [0.4, 0.5) is 0 Å². The van der Waals surface area contributed by atoms with Crippen molar-refractivity contribution in [1.29, 1.82) is 0 Å². The molecule has 0 aromatic heterocycles. The van der Waals surface area contributed by atoms with Crippen LogP contribution in [0, 0.1) is 0 Å². The zero-order valence-corrected chi connectivity index (χ0v) is 10.2. The van der Waals surface area contributed by atoms with Gasteiger partial charge in [0.15, 0.2) is 0 Å². The summed E-state index contributed by atoms with van der Waals surface area (Å²) >= 11 is 0. The van der Waals surface area contributed by atoms with Gasteiger partial charge in [-0.1, -0.05) is 18.2 Å². The van der Waals surface area contributed by atoms with Crippen LogP contribution < -0.4 is 0 Å². The van der Waals surface area contributed by atoms with Crippen molar-refractivity contribution in [2.24, 2.45) is 0 Å². The van der Waals surface area contributed by atoms with Gasteiger partial charge in [0.25, 0.3) is 0 Å². The summed E-state index contributed by atoms with van der Waals surface area (Å²) in [6.45, 7) is 1.24. The molecule has 0 aliphatic carbocycles. The molecule has 96 valence electrons. The van der Waals surface area contributed by atoms with E-state index in [1.807, 2.05) is 6.07 Å². The predicted octanol–water partition coefficient (Wildman–Crippen LogP) is 1.02. The number of likely N-dealkylation sites (tertiary alicyclic amines) is 1. The van der Waals surface area contributed by atoms with Gasteiger partial charge in [0.05, 0.1) is 12.5 Å². The van der Waals surface area contributed by atoms with Crippen molar-refractivity contribution in [2.45, 2.75) is 25.4 Å². The Morgan fingerprint density at radius 3 is 2.78 bits per heavy atom. The monoisotopic (exact) mass is 247 g/mol. The Labute approximate surface area is 106 Å². The Kier molecular flexibility index (Phi) is 4.10. The molecule has 1 saturated heterocycles. The van der Waals surface area contributed by atoms with Crippen LogP contribution in [-0.4, -0.2) is 41.4 Å². The number of aliphatic hydroxyl groups excluding tert-OH is 1. The van der Waals surface area contributed by atoms with E-state index >= 15 is 0 Å². The average Bonchev–Trinajstić information content (AvgIpc) is 2.39. The van der Waals surface area contributed by atoms with E-state index in [-0.39, 0.29) is 12.0 Å². The van der Waals surface area contributed by atoms with Crippen LogP contribution in [0.3, 0.4) is 0 Å². The van der Waals surface area contributed by atoms with Gasteiger partial charge in [-0.3, -0.25) is 9.59 Å². The lowest BCUT2D eigenvalue weighted by Gasteiger charge is -2.29. The number of aliphatic hydroxyl groups is 1. The third kappa shape index (κ3) is 3.17. The molecule has 1 aromatic carbocycles. The van der Waals surface area contributed by atoms with Gasteiger partial charge in [-0.2, -0.15) is 0 Å². The summed E-state index contributed by atoms with van der Waals surface area (Å²) in [4.78, 5) is 24.5. The summed E-state index contributed by atoms with van der Waals surface area (Å²) < 4.78 is 0. The highest BCUT2D eigenvalue weighted by Gasteiger charge is 2.21. The fourth-order valence-corrected chi connectivity index (χ4v) is 2.18. The largest absolute Gasteiger partial charge is 0.393 e. The first-order chi connectivity index (χ1) is 8.69. The fraction of sp³-hybridized carbons (Fsp3) is 0.429. The molecule has 0 atom stereocenters. The molecular weight excluding hydrogens is 230 g/mol. The Hall–Kier alpha value is -1.68. The Balaban J connectivity index is 1.96. The Morgan fingerprint density at radius 2 is 2.11 bits per heavy atom. The lowest BCUT2D eigenvalue weighted by Crippen LogP contribution is -2.40. The lowest BCUT2D eigenvalue weighted by molar-refractivity contribution is -0.132. The minimum Gasteiger partial charge on any atom is -0.393 e. The topological polar surface area (TPSA) is 57.6 Å². The molecule has 0 saturated carbocycles. The molecular formula is C14H17NO3. The van der Waals surface area contributed by atoms with E-state index in [0.717, 1.165) is 11.8 Å². The molecule has 1 heterocycles. The van der Waals surface area contributed by atoms with E-state index in [0.29, 0.717) is 37.9 Å². The highest BCUT2D eigenvalue weighted by atomic mass is 16.3. The van der Waals surface area contributed by atoms with Crippen LogP contribution in [0.1, 0.15) is 28.8 Å². The summed E-state index contributed by atoms with van der Waals surface area (Å²) in [5.41, 5.74) is 1.45. The zero-order chi connectivity index (χ0) is 13.0. The van der Waals surface area contributed by atoms with Crippen LogP contribution in [0.2, 0.25) is 0 Å². The number of benzene rings is 1. The third-order valence-electron chi connectivity index (χ3n) is 3.26. The second-order valence-corrected chi connectivity index (χ2v) is 4.65. The zero-order valence-electron chi connectivity index (χ0n) is 10.2. The van der Waals surface area contributed by atoms with Crippen LogP contribution in [-0.2, 0) is 11.2 Å². The van der Waals surface area contributed by atoms with E-state index in [2.05, 4.69) is 0 Å². The first kappa shape index (κ1) is 12.8. The molecule has 0 unspecified atom stereocenters. The Bertz CT molecular complexity index is 436. The SMILES string of the molecule is O=Cc1cccc(CC(=O)N2CCC(O)CC2)c1. The molecule has 2 rings (SSSR count). The van der Waals surface area contributed by atoms with Gasteiger partial charge < -0.3 is 10.0 Å². The van der Waals surface area contributed by atoms with Gasteiger partial charge in [-0.15, -0.1) is 0 Å². The maximum absolute atomic E-state index is 12.0. The molecule has 1 aromatic rings. The second-order valence-electron chi connectivity index (χ2n) is 4.65. The number of nitrogens with zero attached hydrogens (tertiary/aromatic N) is 1. The van der Waals surface area contributed by atoms with Crippen LogP contribution in [0.25, 0.3) is 0 Å². The molecule has 18 heavy (non-hydrogen) atoms. The highest BCUT2D eigenvalue weighted by Crippen LogP contribution is 2.12. The molecule has 1 amide bonds. The average molecular weight is 247 g/mol. The van der Waals surface area contributed by atoms with E-state index < -0.39 is 0 Å². The first-order valence-corrected chi connectivity index (χ1v) is 6.19. The fourth-order valence-electron chi connectivity index (χ4n) is 2.18. The van der Waals surface area contributed by atoms with Gasteiger partial charge in [0.1, 0.15) is 6.29 Å². The molecule has 0 radical (unpaired) electrons. The lowest BCUT2D eigenvalue weighted by atomic mass is 10.1. The van der Waals surface area contributed by atoms with Crippen molar-refractivity contribution in [3.8, 4) is 0 Å². The van der Waals surface area contributed by atoms with Gasteiger partial charge in [0, 0.05) is 18.7 Å². The summed E-state index contributed by atoms with van der Waals surface area (Å²) in [7, 11) is 0. The second kappa shape index (κ2) is 5.78. The van der Waals surface area contributed by atoms with Crippen LogP contribution >= 0.6 is 0 Å². The molecule has 4 heteroatoms. The highest BCUT2D eigenvalue weighted by molar-refractivity contribution is 5.80. The molecule has 1 aliphatic heterocycles. The maximum atomic E-state index is 12.0. The summed E-state index contributed by atoms with van der Waals surface area (Å²) in [5.74, 6) is 0.0601. The number of amides is 1. The summed E-state index contributed by atoms with van der Waals surface area (Å²) in [5, 5.41) is 9.39. The minimum atomic E-state index is -0.271. The third-order valence-corrected chi connectivity index (χ3v) is 3.26. The number of rotatable bonds is 3. The van der Waals surface area contributed by atoms with Crippen molar-refractivity contribution in [1.82, 2.24) is 4.90 Å². The Morgan fingerprint density at radius 1 is 1.39 bits per heavy atom. The smallest absolute Gasteiger partial charge is 0.226 e. The summed E-state index contributed by atoms with van der Waals surface area (Å²) in [6, 6.07) is 7.10. The molecule has 0 bridgehead atoms. The molecule has 1 aliphatic rings. The van der Waals surface area contributed by atoms with E-state index in [4.69, 9.17) is 0 Å². The molecule has 1 N–H and O–H groups in total. The van der Waals surface area contributed by atoms with Gasteiger partial charge in [-0.05, 0) is 24.5 Å². The number of piperidine rings is 1. The van der Waals surface area contributed by atoms with Gasteiger partial charge in [0.2, 0.25) is 5.91 Å². The normalized spacial score (nSPS) is 16.6. The van der Waals surface area contributed by atoms with Crippen LogP contribution in [0.15, 0.2) is 24.3 Å². The quantitative estimate of drug-likeness (QED) is 0.811. The van der Waals surface area contributed by atoms with E-state index in [9.17, 15) is 14.7 Å². The number of hydrogen-bond acceptors (Lipinski definition) is 3. The van der Waals surface area contributed by atoms with Gasteiger partial charge >= 0.3 is 0 Å². The van der Waals surface area contributed by atoms with Crippen LogP contribution in [0.5, 0.6) is 0 Å². The van der Waals surface area contributed by atoms with E-state index in [1.54, 1.807) is 23.1 Å². The molecule has 4 nitrogen and oxygen atoms in total. The van der Waals surface area contributed by atoms with E-state index in [1.165, 1.54) is 0 Å². The summed E-state index contributed by atoms with van der Waals surface area (Å²) in [6.07, 6.45) is 2.14. The van der Waals surface area contributed by atoms with Crippen molar-refractivity contribution in [3.63, 3.8) is 0 Å². The van der Waals surface area contributed by atoms with Crippen molar-refractivity contribution >= 4 is 12.2 Å². The number of aldehydes is 1. The number of carbonyl (C=O) groups excluding carboxylic acids is 2. The van der Waals surface area contributed by atoms with Crippen molar-refractivity contribution < 1.29 is 14.7 Å². The maximum Gasteiger partial charge on any atom is 0.226 e. The standard InChI is InChI=1S/C14H17NO3/c16-10-12-3-1-2-11(8-12)9-14(18)15-6-4-13(17)5-7-15/h1-3,8,10,13,17H,4-7,9H2. The van der Waals surface area contributed by atoms with Crippen molar-refractivity contribution in [2.75, 3.05) is 13.1 Å². The van der Waals surface area contributed by atoms with Gasteiger partial charge in [-0.25, -0.2) is 0 Å².